The van der Waals surface area contributed by atoms with E-state index in [1.54, 1.807) is 4.90 Å². The van der Waals surface area contributed by atoms with E-state index < -0.39 is 0 Å². The number of ether oxygens (including phenoxy) is 1. The summed E-state index contributed by atoms with van der Waals surface area (Å²) in [5.41, 5.74) is 1.05. The van der Waals surface area contributed by atoms with E-state index in [2.05, 4.69) is 5.32 Å². The van der Waals surface area contributed by atoms with Crippen LogP contribution in [0.15, 0.2) is 30.3 Å². The molecule has 1 aromatic rings. The highest BCUT2D eigenvalue weighted by atomic mass is 16.5. The summed E-state index contributed by atoms with van der Waals surface area (Å²) in [4.78, 5) is 13.6. The van der Waals surface area contributed by atoms with Crippen LogP contribution in [0.25, 0.3) is 0 Å². The van der Waals surface area contributed by atoms with Crippen LogP contribution < -0.4 is 5.32 Å². The quantitative estimate of drug-likeness (QED) is 0.862. The minimum Gasteiger partial charge on any atom is -0.382 e. The van der Waals surface area contributed by atoms with Gasteiger partial charge in [0.05, 0.1) is 6.61 Å². The first-order valence-electron chi connectivity index (χ1n) is 5.93. The van der Waals surface area contributed by atoms with Crippen molar-refractivity contribution in [3.8, 4) is 0 Å². The van der Waals surface area contributed by atoms with E-state index in [9.17, 15) is 4.79 Å². The van der Waals surface area contributed by atoms with Gasteiger partial charge in [0.2, 0.25) is 5.91 Å². The second-order valence-corrected chi connectivity index (χ2v) is 4.31. The van der Waals surface area contributed by atoms with E-state index in [0.29, 0.717) is 19.8 Å². The summed E-state index contributed by atoms with van der Waals surface area (Å²) in [5.74, 6) is 0.151. The fourth-order valence-corrected chi connectivity index (χ4v) is 1.87. The normalized spacial score (nSPS) is 16.9. The molecule has 4 heteroatoms. The molecule has 1 aliphatic rings. The first-order chi connectivity index (χ1) is 8.25. The molecule has 1 N–H and O–H groups in total. The number of hydrogen-bond donors (Lipinski definition) is 1. The molecule has 92 valence electrons. The van der Waals surface area contributed by atoms with E-state index in [0.717, 1.165) is 12.2 Å². The zero-order valence-corrected chi connectivity index (χ0v) is 10.1. The Bertz CT molecular complexity index is 361. The molecule has 1 aliphatic heterocycles. The van der Waals surface area contributed by atoms with Gasteiger partial charge in [-0.1, -0.05) is 18.2 Å². The highest BCUT2D eigenvalue weighted by Crippen LogP contribution is 2.10. The molecule has 0 aromatic heterocycles. The number of nitrogens with zero attached hydrogens (tertiary/aromatic N) is 1. The summed E-state index contributed by atoms with van der Waals surface area (Å²) < 4.78 is 5.16. The van der Waals surface area contributed by atoms with E-state index in [4.69, 9.17) is 4.74 Å². The van der Waals surface area contributed by atoms with Gasteiger partial charge in [-0.05, 0) is 19.1 Å². The number of nitrogens with one attached hydrogen (secondary N) is 1. The van der Waals surface area contributed by atoms with Crippen LogP contribution in [0.2, 0.25) is 0 Å². The molecule has 1 aromatic carbocycles. The van der Waals surface area contributed by atoms with Crippen LogP contribution in [0.1, 0.15) is 13.3 Å². The molecular formula is C13H18N2O2. The van der Waals surface area contributed by atoms with Crippen LogP contribution in [0.3, 0.4) is 0 Å². The van der Waals surface area contributed by atoms with Gasteiger partial charge in [0, 0.05) is 24.7 Å². The molecule has 0 radical (unpaired) electrons. The molecular weight excluding hydrogens is 216 g/mol. The maximum atomic E-state index is 11.9. The van der Waals surface area contributed by atoms with Gasteiger partial charge in [-0.15, -0.1) is 0 Å². The average Bonchev–Trinajstić information content (AvgIpc) is 2.83. The monoisotopic (exact) mass is 234 g/mol. The largest absolute Gasteiger partial charge is 0.382 e. The third kappa shape index (κ3) is 3.46. The Kier molecular flexibility index (Phi) is 3.98. The van der Waals surface area contributed by atoms with Crippen LogP contribution in [-0.4, -0.2) is 36.7 Å². The molecule has 1 saturated heterocycles. The van der Waals surface area contributed by atoms with Crippen molar-refractivity contribution in [1.29, 1.82) is 0 Å². The molecule has 2 rings (SSSR count). The Morgan fingerprint density at radius 2 is 2.24 bits per heavy atom. The lowest BCUT2D eigenvalue weighted by molar-refractivity contribution is -0.131. The Balaban J connectivity index is 1.80. The number of carbonyl (C=O) groups is 1. The molecule has 1 unspecified atom stereocenters. The van der Waals surface area contributed by atoms with Crippen molar-refractivity contribution in [2.45, 2.75) is 19.4 Å². The van der Waals surface area contributed by atoms with Crippen LogP contribution in [0, 0.1) is 0 Å². The predicted octanol–water partition coefficient (Wildman–Crippen LogP) is 1.69. The summed E-state index contributed by atoms with van der Waals surface area (Å²) in [6.07, 6.45) is 0.498. The molecule has 1 fully saturated rings. The maximum absolute atomic E-state index is 11.9. The van der Waals surface area contributed by atoms with E-state index in [1.165, 1.54) is 0 Å². The highest BCUT2D eigenvalue weighted by Gasteiger charge is 2.20. The smallest absolute Gasteiger partial charge is 0.226 e. The minimum atomic E-state index is 0.130. The summed E-state index contributed by atoms with van der Waals surface area (Å²) in [6.45, 7) is 3.84. The number of para-hydroxylation sites is 1. The lowest BCUT2D eigenvalue weighted by Gasteiger charge is -2.18. The predicted molar refractivity (Wildman–Crippen MR) is 66.7 cm³/mol. The van der Waals surface area contributed by atoms with Gasteiger partial charge in [-0.2, -0.15) is 0 Å². The van der Waals surface area contributed by atoms with Crippen molar-refractivity contribution in [2.75, 3.05) is 25.2 Å². The molecule has 4 nitrogen and oxygen atoms in total. The first kappa shape index (κ1) is 11.9. The van der Waals surface area contributed by atoms with Gasteiger partial charge < -0.3 is 15.0 Å². The summed E-state index contributed by atoms with van der Waals surface area (Å²) in [6, 6.07) is 10.1. The zero-order valence-electron chi connectivity index (χ0n) is 10.1. The third-order valence-corrected chi connectivity index (χ3v) is 2.77. The van der Waals surface area contributed by atoms with E-state index in [-0.39, 0.29) is 11.9 Å². The van der Waals surface area contributed by atoms with Crippen LogP contribution in [0.5, 0.6) is 0 Å². The highest BCUT2D eigenvalue weighted by molar-refractivity contribution is 5.77. The zero-order chi connectivity index (χ0) is 12.1. The molecule has 1 heterocycles. The SMILES string of the molecule is CC(CC(=O)N1CCOC1)Nc1ccccc1. The maximum Gasteiger partial charge on any atom is 0.226 e. The van der Waals surface area contributed by atoms with Crippen molar-refractivity contribution in [3.05, 3.63) is 30.3 Å². The van der Waals surface area contributed by atoms with Crippen molar-refractivity contribution < 1.29 is 9.53 Å². The van der Waals surface area contributed by atoms with Crippen molar-refractivity contribution >= 4 is 11.6 Å². The van der Waals surface area contributed by atoms with Crippen molar-refractivity contribution in [1.82, 2.24) is 4.90 Å². The Morgan fingerprint density at radius 3 is 2.88 bits per heavy atom. The molecule has 0 saturated carbocycles. The molecule has 1 atom stereocenters. The van der Waals surface area contributed by atoms with Gasteiger partial charge in [0.25, 0.3) is 0 Å². The van der Waals surface area contributed by atoms with Crippen molar-refractivity contribution in [3.63, 3.8) is 0 Å². The van der Waals surface area contributed by atoms with Gasteiger partial charge in [-0.3, -0.25) is 4.79 Å². The number of anilines is 1. The van der Waals surface area contributed by atoms with E-state index >= 15 is 0 Å². The Labute approximate surface area is 102 Å². The second kappa shape index (κ2) is 5.68. The fraction of sp³-hybridized carbons (Fsp3) is 0.462. The van der Waals surface area contributed by atoms with Gasteiger partial charge >= 0.3 is 0 Å². The Morgan fingerprint density at radius 1 is 1.47 bits per heavy atom. The lowest BCUT2D eigenvalue weighted by atomic mass is 10.2. The van der Waals surface area contributed by atoms with Crippen LogP contribution >= 0.6 is 0 Å². The summed E-state index contributed by atoms with van der Waals surface area (Å²) in [5, 5.41) is 3.31. The van der Waals surface area contributed by atoms with Gasteiger partial charge in [0.1, 0.15) is 6.73 Å². The lowest BCUT2D eigenvalue weighted by Crippen LogP contribution is -2.32. The molecule has 0 bridgehead atoms. The molecule has 0 spiro atoms. The number of carbonyl (C=O) groups excluding carboxylic acids is 1. The van der Waals surface area contributed by atoms with Gasteiger partial charge in [-0.25, -0.2) is 0 Å². The Hall–Kier alpha value is -1.55. The number of rotatable bonds is 4. The second-order valence-electron chi connectivity index (χ2n) is 4.31. The third-order valence-electron chi connectivity index (χ3n) is 2.77. The molecule has 1 amide bonds. The first-order valence-corrected chi connectivity index (χ1v) is 5.93. The minimum absolute atomic E-state index is 0.130. The van der Waals surface area contributed by atoms with Crippen molar-refractivity contribution in [2.24, 2.45) is 0 Å². The van der Waals surface area contributed by atoms with Crippen LogP contribution in [0.4, 0.5) is 5.69 Å². The summed E-state index contributed by atoms with van der Waals surface area (Å²) in [7, 11) is 0. The van der Waals surface area contributed by atoms with Gasteiger partial charge in [0.15, 0.2) is 0 Å². The topological polar surface area (TPSA) is 41.6 Å². The summed E-state index contributed by atoms with van der Waals surface area (Å²) >= 11 is 0. The number of hydrogen-bond acceptors (Lipinski definition) is 3. The standard InChI is InChI=1S/C13H18N2O2/c1-11(14-12-5-3-2-4-6-12)9-13(16)15-7-8-17-10-15/h2-6,11,14H,7-10H2,1H3. The molecule has 17 heavy (non-hydrogen) atoms. The fourth-order valence-electron chi connectivity index (χ4n) is 1.87. The van der Waals surface area contributed by atoms with Crippen LogP contribution in [-0.2, 0) is 9.53 Å². The molecule has 0 aliphatic carbocycles. The average molecular weight is 234 g/mol. The number of benzene rings is 1. The number of amides is 1. The van der Waals surface area contributed by atoms with E-state index in [1.807, 2.05) is 37.3 Å².